The van der Waals surface area contributed by atoms with E-state index in [1.807, 2.05) is 0 Å². The molecule has 0 aromatic heterocycles. The van der Waals surface area contributed by atoms with Crippen LogP contribution in [-0.4, -0.2) is 23.4 Å². The molecule has 2 N–H and O–H groups in total. The van der Waals surface area contributed by atoms with Gasteiger partial charge in [-0.05, 0) is 95.1 Å². The first-order valence-corrected chi connectivity index (χ1v) is 16.4. The van der Waals surface area contributed by atoms with Crippen molar-refractivity contribution in [2.45, 2.75) is 108 Å². The molecule has 3 aliphatic carbocycles. The average molecular weight is 573 g/mol. The lowest BCUT2D eigenvalue weighted by Crippen LogP contribution is -2.44. The third kappa shape index (κ3) is 7.86. The topological polar surface area (TPSA) is 40.5 Å². The van der Waals surface area contributed by atoms with Gasteiger partial charge in [0, 0.05) is 36.4 Å². The summed E-state index contributed by atoms with van der Waals surface area (Å²) in [4.78, 5) is 0. The zero-order chi connectivity index (χ0) is 31.3. The predicted molar refractivity (Wildman–Crippen MR) is 182 cm³/mol. The summed E-state index contributed by atoms with van der Waals surface area (Å²) < 4.78 is 0. The number of hydrogen-bond donors (Lipinski definition) is 2. The highest BCUT2D eigenvalue weighted by Gasteiger charge is 2.45. The Morgan fingerprint density at radius 3 is 1.81 bits per heavy atom. The van der Waals surface area contributed by atoms with Gasteiger partial charge in [-0.2, -0.15) is 0 Å². The smallest absolute Gasteiger partial charge is 0.0500 e. The molecule has 0 unspecified atom stereocenters. The Bertz CT molecular complexity index is 1220. The lowest BCUT2D eigenvalue weighted by molar-refractivity contribution is 0.0443. The van der Waals surface area contributed by atoms with Gasteiger partial charge in [0.15, 0.2) is 0 Å². The Labute approximate surface area is 258 Å². The summed E-state index contributed by atoms with van der Waals surface area (Å²) in [5.41, 5.74) is 9.71. The Kier molecular flexibility index (Phi) is 11.5. The van der Waals surface area contributed by atoms with E-state index < -0.39 is 0 Å². The summed E-state index contributed by atoms with van der Waals surface area (Å²) in [7, 11) is 0. The molecule has 232 valence electrons. The van der Waals surface area contributed by atoms with Crippen LogP contribution in [0.3, 0.4) is 0 Å². The van der Waals surface area contributed by atoms with Crippen molar-refractivity contribution in [2.24, 2.45) is 34.0 Å². The number of rotatable bonds is 9. The molecule has 0 aromatic carbocycles. The number of aliphatic hydroxyl groups excluding tert-OH is 2. The van der Waals surface area contributed by atoms with Gasteiger partial charge in [-0.3, -0.25) is 0 Å². The Morgan fingerprint density at radius 1 is 0.810 bits per heavy atom. The maximum Gasteiger partial charge on any atom is 0.0500 e. The van der Waals surface area contributed by atoms with E-state index in [0.717, 1.165) is 0 Å². The molecular weight excluding hydrogens is 512 g/mol. The lowest BCUT2D eigenvalue weighted by atomic mass is 9.58. The van der Waals surface area contributed by atoms with E-state index in [-0.39, 0.29) is 47.2 Å². The third-order valence-electron chi connectivity index (χ3n) is 10.8. The second-order valence-electron chi connectivity index (χ2n) is 15.1. The molecule has 0 aromatic rings. The van der Waals surface area contributed by atoms with Crippen LogP contribution in [0.5, 0.6) is 0 Å². The molecule has 3 rings (SSSR count). The quantitative estimate of drug-likeness (QED) is 0.213. The first kappa shape index (κ1) is 34.3. The van der Waals surface area contributed by atoms with Crippen LogP contribution in [0.15, 0.2) is 93.7 Å². The first-order valence-electron chi connectivity index (χ1n) is 16.4. The summed E-state index contributed by atoms with van der Waals surface area (Å²) in [6, 6.07) is 0. The van der Waals surface area contributed by atoms with E-state index >= 15 is 0 Å². The third-order valence-corrected chi connectivity index (χ3v) is 10.8. The Morgan fingerprint density at radius 2 is 1.33 bits per heavy atom. The second kappa shape index (κ2) is 14.1. The lowest BCUT2D eigenvalue weighted by Gasteiger charge is -2.47. The van der Waals surface area contributed by atoms with Gasteiger partial charge < -0.3 is 10.2 Å². The SMILES string of the molecule is CC1=C[C@@H](/C=C(C)/C=C/C2=C(C)CCCC2(C)C)[C@](C)(/C=C/C=C(C)/C=C/C2=C(C)CCCC2(C)C)[C@H](CO)[C@@H]1CO. The van der Waals surface area contributed by atoms with Crippen molar-refractivity contribution in [3.05, 3.63) is 93.7 Å². The predicted octanol–water partition coefficient (Wildman–Crippen LogP) is 10.4. The maximum absolute atomic E-state index is 10.6. The minimum atomic E-state index is -0.332. The van der Waals surface area contributed by atoms with Crippen LogP contribution in [0.4, 0.5) is 0 Å². The van der Waals surface area contributed by atoms with Gasteiger partial charge in [-0.15, -0.1) is 0 Å². The van der Waals surface area contributed by atoms with Gasteiger partial charge in [0.05, 0.1) is 0 Å². The van der Waals surface area contributed by atoms with Crippen LogP contribution < -0.4 is 0 Å². The van der Waals surface area contributed by atoms with Crippen molar-refractivity contribution in [1.82, 2.24) is 0 Å². The van der Waals surface area contributed by atoms with Gasteiger partial charge in [-0.1, -0.05) is 117 Å². The number of allylic oxidation sites excluding steroid dienone is 15. The van der Waals surface area contributed by atoms with E-state index in [9.17, 15) is 10.2 Å². The van der Waals surface area contributed by atoms with Crippen LogP contribution in [0, 0.1) is 34.0 Å². The van der Waals surface area contributed by atoms with Crippen molar-refractivity contribution in [3.63, 3.8) is 0 Å². The second-order valence-corrected chi connectivity index (χ2v) is 15.1. The molecule has 2 heteroatoms. The normalized spacial score (nSPS) is 31.1. The minimum absolute atomic E-state index is 0.0435. The van der Waals surface area contributed by atoms with Crippen molar-refractivity contribution in [2.75, 3.05) is 13.2 Å². The molecule has 0 radical (unpaired) electrons. The van der Waals surface area contributed by atoms with Crippen molar-refractivity contribution < 1.29 is 10.2 Å². The summed E-state index contributed by atoms with van der Waals surface area (Å²) in [6.45, 7) is 22.8. The minimum Gasteiger partial charge on any atom is -0.396 e. The molecule has 2 nitrogen and oxygen atoms in total. The molecule has 0 amide bonds. The first-order chi connectivity index (χ1) is 19.7. The molecule has 0 spiro atoms. The van der Waals surface area contributed by atoms with Gasteiger partial charge in [0.2, 0.25) is 0 Å². The van der Waals surface area contributed by atoms with Gasteiger partial charge in [0.1, 0.15) is 0 Å². The Hall–Kier alpha value is -2.16. The molecular formula is C40H60O2. The monoisotopic (exact) mass is 572 g/mol. The average Bonchev–Trinajstić information content (AvgIpc) is 2.89. The van der Waals surface area contributed by atoms with Crippen molar-refractivity contribution in [3.8, 4) is 0 Å². The molecule has 0 saturated heterocycles. The summed E-state index contributed by atoms with van der Waals surface area (Å²) in [6.07, 6.45) is 27.9. The molecule has 0 fully saturated rings. The van der Waals surface area contributed by atoms with E-state index in [4.69, 9.17) is 0 Å². The largest absolute Gasteiger partial charge is 0.396 e. The molecule has 0 heterocycles. The van der Waals surface area contributed by atoms with E-state index in [2.05, 4.69) is 124 Å². The highest BCUT2D eigenvalue weighted by molar-refractivity contribution is 5.39. The number of hydrogen-bond acceptors (Lipinski definition) is 2. The number of aliphatic hydroxyl groups is 2. The van der Waals surface area contributed by atoms with Gasteiger partial charge >= 0.3 is 0 Å². The fourth-order valence-corrected chi connectivity index (χ4v) is 7.89. The highest BCUT2D eigenvalue weighted by atomic mass is 16.3. The van der Waals surface area contributed by atoms with Crippen LogP contribution in [0.2, 0.25) is 0 Å². The van der Waals surface area contributed by atoms with Crippen LogP contribution in [0.25, 0.3) is 0 Å². The Balaban J connectivity index is 1.93. The molecule has 0 saturated carbocycles. The van der Waals surface area contributed by atoms with E-state index in [0.29, 0.717) is 0 Å². The standard InChI is InChI=1S/C40H60O2/c1-28(17-19-35-30(3)15-12-21-38(35,6)7)14-11-23-40(10)33(25-32(5)34(26-41)37(40)27-42)24-29(2)18-20-36-31(4)16-13-22-39(36,8)9/h11,14,17-20,23-25,33-34,37,41-42H,12-13,15-16,21-22,26-27H2,1-10H3/b19-17+,20-18+,23-11+,28-14+,29-24+/t33-,34-,37-,40+/m1/s1. The zero-order valence-electron chi connectivity index (χ0n) is 28.5. The van der Waals surface area contributed by atoms with Gasteiger partial charge in [-0.25, -0.2) is 0 Å². The summed E-state index contributed by atoms with van der Waals surface area (Å²) >= 11 is 0. The fourth-order valence-electron chi connectivity index (χ4n) is 7.89. The van der Waals surface area contributed by atoms with Crippen molar-refractivity contribution in [1.29, 1.82) is 0 Å². The summed E-state index contributed by atoms with van der Waals surface area (Å²) in [5, 5.41) is 20.9. The molecule has 0 bridgehead atoms. The maximum atomic E-state index is 10.6. The molecule has 42 heavy (non-hydrogen) atoms. The van der Waals surface area contributed by atoms with E-state index in [1.54, 1.807) is 0 Å². The molecule has 0 aliphatic heterocycles. The van der Waals surface area contributed by atoms with Crippen LogP contribution in [-0.2, 0) is 0 Å². The molecule has 3 aliphatic rings. The highest BCUT2D eigenvalue weighted by Crippen LogP contribution is 2.49. The summed E-state index contributed by atoms with van der Waals surface area (Å²) in [5.74, 6) is 0.00592. The zero-order valence-corrected chi connectivity index (χ0v) is 28.5. The fraction of sp³-hybridized carbons (Fsp3) is 0.600. The van der Waals surface area contributed by atoms with Crippen LogP contribution >= 0.6 is 0 Å². The van der Waals surface area contributed by atoms with Crippen LogP contribution in [0.1, 0.15) is 108 Å². The molecule has 4 atom stereocenters. The van der Waals surface area contributed by atoms with E-state index in [1.165, 1.54) is 77.5 Å². The van der Waals surface area contributed by atoms with Gasteiger partial charge in [0.25, 0.3) is 0 Å². The van der Waals surface area contributed by atoms with Crippen molar-refractivity contribution >= 4 is 0 Å².